The van der Waals surface area contributed by atoms with E-state index in [0.29, 0.717) is 26.1 Å². The zero-order valence-corrected chi connectivity index (χ0v) is 12.4. The average Bonchev–Trinajstić information content (AvgIpc) is 2.52. The zero-order valence-electron chi connectivity index (χ0n) is 12.4. The van der Waals surface area contributed by atoms with Crippen LogP contribution in [-0.4, -0.2) is 43.0 Å². The number of ether oxygens (including phenoxy) is 2. The van der Waals surface area contributed by atoms with Gasteiger partial charge in [-0.15, -0.1) is 0 Å². The number of para-hydroxylation sites is 1. The SMILES string of the molecule is CNC1(C(=O)O)CCCC(OCCOc2ccccc2)C1. The fourth-order valence-electron chi connectivity index (χ4n) is 2.79. The Balaban J connectivity index is 1.74. The summed E-state index contributed by atoms with van der Waals surface area (Å²) >= 11 is 0. The van der Waals surface area contributed by atoms with Gasteiger partial charge in [-0.05, 0) is 38.4 Å². The smallest absolute Gasteiger partial charge is 0.323 e. The first-order valence-corrected chi connectivity index (χ1v) is 7.38. The molecule has 1 saturated carbocycles. The van der Waals surface area contributed by atoms with E-state index in [0.717, 1.165) is 18.6 Å². The van der Waals surface area contributed by atoms with Crippen LogP contribution in [0.3, 0.4) is 0 Å². The highest BCUT2D eigenvalue weighted by Crippen LogP contribution is 2.30. The van der Waals surface area contributed by atoms with E-state index in [9.17, 15) is 9.90 Å². The van der Waals surface area contributed by atoms with Gasteiger partial charge in [-0.2, -0.15) is 0 Å². The summed E-state index contributed by atoms with van der Waals surface area (Å²) in [6.07, 6.45) is 2.89. The van der Waals surface area contributed by atoms with Gasteiger partial charge in [0.25, 0.3) is 0 Å². The van der Waals surface area contributed by atoms with Crippen LogP contribution in [0.25, 0.3) is 0 Å². The molecule has 0 heterocycles. The summed E-state index contributed by atoms with van der Waals surface area (Å²) in [5.74, 6) is 0.0266. The standard InChI is InChI=1S/C16H23NO4/c1-17-16(15(18)19)9-5-8-14(12-16)21-11-10-20-13-6-3-2-4-7-13/h2-4,6-7,14,17H,5,8-12H2,1H3,(H,18,19). The van der Waals surface area contributed by atoms with Gasteiger partial charge in [-0.1, -0.05) is 18.2 Å². The molecule has 0 bridgehead atoms. The molecule has 2 unspecified atom stereocenters. The second-order valence-electron chi connectivity index (χ2n) is 5.39. The lowest BCUT2D eigenvalue weighted by Crippen LogP contribution is -2.54. The molecule has 1 aromatic rings. The number of carbonyl (C=O) groups is 1. The molecule has 0 amide bonds. The largest absolute Gasteiger partial charge is 0.491 e. The summed E-state index contributed by atoms with van der Waals surface area (Å²) in [6.45, 7) is 0.944. The molecule has 116 valence electrons. The lowest BCUT2D eigenvalue weighted by Gasteiger charge is -2.37. The van der Waals surface area contributed by atoms with Crippen LogP contribution in [0.4, 0.5) is 0 Å². The zero-order chi connectivity index (χ0) is 15.1. The fraction of sp³-hybridized carbons (Fsp3) is 0.562. The van der Waals surface area contributed by atoms with Crippen molar-refractivity contribution in [2.24, 2.45) is 0 Å². The molecule has 2 rings (SSSR count). The van der Waals surface area contributed by atoms with Crippen LogP contribution in [0.15, 0.2) is 30.3 Å². The summed E-state index contributed by atoms with van der Waals surface area (Å²) in [4.78, 5) is 11.4. The number of benzene rings is 1. The Kier molecular flexibility index (Phi) is 5.59. The van der Waals surface area contributed by atoms with Crippen molar-refractivity contribution in [1.82, 2.24) is 5.32 Å². The van der Waals surface area contributed by atoms with Crippen LogP contribution in [0.1, 0.15) is 25.7 Å². The Morgan fingerprint density at radius 2 is 2.14 bits per heavy atom. The van der Waals surface area contributed by atoms with Gasteiger partial charge in [-0.25, -0.2) is 0 Å². The van der Waals surface area contributed by atoms with E-state index in [2.05, 4.69) is 5.32 Å². The van der Waals surface area contributed by atoms with E-state index in [1.165, 1.54) is 0 Å². The molecule has 0 spiro atoms. The Hall–Kier alpha value is -1.59. The molecule has 1 aliphatic carbocycles. The minimum atomic E-state index is -0.844. The molecular weight excluding hydrogens is 270 g/mol. The highest BCUT2D eigenvalue weighted by atomic mass is 16.5. The van der Waals surface area contributed by atoms with Gasteiger partial charge in [-0.3, -0.25) is 4.79 Å². The van der Waals surface area contributed by atoms with Crippen molar-refractivity contribution in [3.8, 4) is 5.75 Å². The lowest BCUT2D eigenvalue weighted by atomic mass is 9.80. The second-order valence-corrected chi connectivity index (χ2v) is 5.39. The Bertz CT molecular complexity index is 451. The summed E-state index contributed by atoms with van der Waals surface area (Å²) in [5.41, 5.74) is -0.844. The Morgan fingerprint density at radius 3 is 2.81 bits per heavy atom. The quantitative estimate of drug-likeness (QED) is 0.753. The number of likely N-dealkylation sites (N-methyl/N-ethyl adjacent to an activating group) is 1. The van der Waals surface area contributed by atoms with E-state index >= 15 is 0 Å². The molecule has 1 aliphatic rings. The van der Waals surface area contributed by atoms with E-state index < -0.39 is 11.5 Å². The maximum Gasteiger partial charge on any atom is 0.323 e. The molecule has 2 N–H and O–H groups in total. The van der Waals surface area contributed by atoms with Crippen LogP contribution in [0, 0.1) is 0 Å². The van der Waals surface area contributed by atoms with Crippen LogP contribution < -0.4 is 10.1 Å². The van der Waals surface area contributed by atoms with Crippen molar-refractivity contribution in [2.75, 3.05) is 20.3 Å². The first kappa shape index (κ1) is 15.8. The van der Waals surface area contributed by atoms with Gasteiger partial charge in [0.05, 0.1) is 12.7 Å². The van der Waals surface area contributed by atoms with Crippen LogP contribution in [-0.2, 0) is 9.53 Å². The summed E-state index contributed by atoms with van der Waals surface area (Å²) in [7, 11) is 1.70. The topological polar surface area (TPSA) is 67.8 Å². The number of rotatable bonds is 7. The first-order chi connectivity index (χ1) is 10.2. The van der Waals surface area contributed by atoms with Crippen molar-refractivity contribution in [3.63, 3.8) is 0 Å². The average molecular weight is 293 g/mol. The van der Waals surface area contributed by atoms with E-state index in [1.54, 1.807) is 7.05 Å². The molecule has 0 aliphatic heterocycles. The van der Waals surface area contributed by atoms with E-state index in [-0.39, 0.29) is 6.10 Å². The molecule has 5 nitrogen and oxygen atoms in total. The maximum atomic E-state index is 11.4. The van der Waals surface area contributed by atoms with Crippen molar-refractivity contribution >= 4 is 5.97 Å². The van der Waals surface area contributed by atoms with Gasteiger partial charge in [0.15, 0.2) is 0 Å². The molecule has 0 aromatic heterocycles. The maximum absolute atomic E-state index is 11.4. The normalized spacial score (nSPS) is 25.5. The van der Waals surface area contributed by atoms with Gasteiger partial charge >= 0.3 is 5.97 Å². The highest BCUT2D eigenvalue weighted by Gasteiger charge is 2.41. The van der Waals surface area contributed by atoms with E-state index in [4.69, 9.17) is 9.47 Å². The molecular formula is C16H23NO4. The number of nitrogens with one attached hydrogen (secondary N) is 1. The minimum Gasteiger partial charge on any atom is -0.491 e. The molecule has 0 radical (unpaired) electrons. The summed E-state index contributed by atoms with van der Waals surface area (Å²) in [5, 5.41) is 12.3. The van der Waals surface area contributed by atoms with Gasteiger partial charge in [0.1, 0.15) is 17.9 Å². The third-order valence-electron chi connectivity index (χ3n) is 4.04. The molecule has 1 fully saturated rings. The number of carboxylic acid groups (broad SMARTS) is 1. The number of carboxylic acids is 1. The summed E-state index contributed by atoms with van der Waals surface area (Å²) < 4.78 is 11.3. The number of hydrogen-bond donors (Lipinski definition) is 2. The van der Waals surface area contributed by atoms with Crippen molar-refractivity contribution in [3.05, 3.63) is 30.3 Å². The first-order valence-electron chi connectivity index (χ1n) is 7.38. The van der Waals surface area contributed by atoms with Gasteiger partial charge < -0.3 is 19.9 Å². The highest BCUT2D eigenvalue weighted by molar-refractivity contribution is 5.79. The second kappa shape index (κ2) is 7.43. The molecule has 0 saturated heterocycles. The van der Waals surface area contributed by atoms with Crippen LogP contribution >= 0.6 is 0 Å². The molecule has 5 heteroatoms. The van der Waals surface area contributed by atoms with Crippen molar-refractivity contribution < 1.29 is 19.4 Å². The summed E-state index contributed by atoms with van der Waals surface area (Å²) in [6, 6.07) is 9.58. The third-order valence-corrected chi connectivity index (χ3v) is 4.04. The minimum absolute atomic E-state index is 0.0262. The molecule has 1 aromatic carbocycles. The molecule has 2 atom stereocenters. The van der Waals surface area contributed by atoms with Crippen molar-refractivity contribution in [2.45, 2.75) is 37.3 Å². The molecule has 21 heavy (non-hydrogen) atoms. The van der Waals surface area contributed by atoms with Crippen LogP contribution in [0.5, 0.6) is 5.75 Å². The predicted molar refractivity (Wildman–Crippen MR) is 79.6 cm³/mol. The van der Waals surface area contributed by atoms with E-state index in [1.807, 2.05) is 30.3 Å². The van der Waals surface area contributed by atoms with Crippen LogP contribution in [0.2, 0.25) is 0 Å². The monoisotopic (exact) mass is 293 g/mol. The van der Waals surface area contributed by atoms with Gasteiger partial charge in [0, 0.05) is 6.42 Å². The Morgan fingerprint density at radius 1 is 1.38 bits per heavy atom. The lowest BCUT2D eigenvalue weighted by molar-refractivity contribution is -0.149. The third kappa shape index (κ3) is 4.19. The van der Waals surface area contributed by atoms with Gasteiger partial charge in [0.2, 0.25) is 0 Å². The number of hydrogen-bond acceptors (Lipinski definition) is 4. The number of aliphatic carboxylic acids is 1. The predicted octanol–water partition coefficient (Wildman–Crippen LogP) is 2.07. The fourth-order valence-corrected chi connectivity index (χ4v) is 2.79. The Labute approximate surface area is 125 Å². The van der Waals surface area contributed by atoms with Crippen molar-refractivity contribution in [1.29, 1.82) is 0 Å².